The number of rotatable bonds is 5. The number of carboxylic acids is 1. The number of fused-ring (bicyclic) bond motifs is 1. The first-order valence-corrected chi connectivity index (χ1v) is 7.83. The molecule has 98 valence electrons. The maximum atomic E-state index is 11.9. The Kier molecular flexibility index (Phi) is 4.66. The summed E-state index contributed by atoms with van der Waals surface area (Å²) < 4.78 is 0. The van der Waals surface area contributed by atoms with E-state index in [1.54, 1.807) is 11.3 Å². The molecule has 0 unspecified atom stereocenters. The van der Waals surface area contributed by atoms with Gasteiger partial charge in [0, 0.05) is 23.6 Å². The Morgan fingerprint density at radius 1 is 1.44 bits per heavy atom. The molecule has 2 heterocycles. The molecule has 4 nitrogen and oxygen atoms in total. The van der Waals surface area contributed by atoms with Crippen molar-refractivity contribution >= 4 is 35.0 Å². The van der Waals surface area contributed by atoms with Crippen LogP contribution in [0.25, 0.3) is 0 Å². The lowest BCUT2D eigenvalue weighted by atomic mass is 10.2. The molecule has 1 amide bonds. The molecule has 18 heavy (non-hydrogen) atoms. The van der Waals surface area contributed by atoms with E-state index >= 15 is 0 Å². The molecule has 6 heteroatoms. The summed E-state index contributed by atoms with van der Waals surface area (Å²) in [7, 11) is 0. The monoisotopic (exact) mass is 285 g/mol. The van der Waals surface area contributed by atoms with Gasteiger partial charge in [-0.3, -0.25) is 9.59 Å². The predicted octanol–water partition coefficient (Wildman–Crippen LogP) is 2.13. The van der Waals surface area contributed by atoms with E-state index in [4.69, 9.17) is 5.11 Å². The molecule has 1 aliphatic rings. The normalized spacial score (nSPS) is 14.0. The van der Waals surface area contributed by atoms with E-state index in [0.717, 1.165) is 22.8 Å². The summed E-state index contributed by atoms with van der Waals surface area (Å²) in [4.78, 5) is 24.3. The number of hydrogen-bond donors (Lipinski definition) is 2. The van der Waals surface area contributed by atoms with E-state index in [0.29, 0.717) is 13.0 Å². The number of nitrogens with one attached hydrogen (secondary N) is 1. The Balaban J connectivity index is 1.85. The fourth-order valence-electron chi connectivity index (χ4n) is 1.79. The van der Waals surface area contributed by atoms with Crippen LogP contribution in [0.4, 0.5) is 0 Å². The van der Waals surface area contributed by atoms with Gasteiger partial charge in [-0.25, -0.2) is 0 Å². The van der Waals surface area contributed by atoms with Gasteiger partial charge in [0.05, 0.1) is 4.88 Å². The van der Waals surface area contributed by atoms with Crippen molar-refractivity contribution in [2.24, 2.45) is 0 Å². The highest BCUT2D eigenvalue weighted by Gasteiger charge is 2.17. The molecule has 0 atom stereocenters. The maximum absolute atomic E-state index is 11.9. The van der Waals surface area contributed by atoms with E-state index in [1.165, 1.54) is 10.4 Å². The number of thioether (sulfide) groups is 1. The van der Waals surface area contributed by atoms with Crippen LogP contribution in [0.3, 0.4) is 0 Å². The number of thiophene rings is 1. The minimum Gasteiger partial charge on any atom is -0.481 e. The highest BCUT2D eigenvalue weighted by Crippen LogP contribution is 2.31. The molecule has 2 rings (SSSR count). The van der Waals surface area contributed by atoms with Gasteiger partial charge in [-0.1, -0.05) is 0 Å². The molecular weight excluding hydrogens is 270 g/mol. The average Bonchev–Trinajstić information content (AvgIpc) is 2.78. The first-order chi connectivity index (χ1) is 8.66. The summed E-state index contributed by atoms with van der Waals surface area (Å²) in [6, 6.07) is 1.97. The molecule has 0 spiro atoms. The summed E-state index contributed by atoms with van der Waals surface area (Å²) >= 11 is 3.46. The van der Waals surface area contributed by atoms with Crippen LogP contribution >= 0.6 is 23.1 Å². The molecule has 1 aromatic rings. The predicted molar refractivity (Wildman–Crippen MR) is 73.4 cm³/mol. The minimum absolute atomic E-state index is 0.0789. The lowest BCUT2D eigenvalue weighted by Crippen LogP contribution is -2.24. The average molecular weight is 285 g/mol. The van der Waals surface area contributed by atoms with Crippen LogP contribution < -0.4 is 5.32 Å². The second-order valence-corrected chi connectivity index (χ2v) is 6.36. The minimum atomic E-state index is -0.826. The maximum Gasteiger partial charge on any atom is 0.303 e. The van der Waals surface area contributed by atoms with Gasteiger partial charge in [0.25, 0.3) is 5.91 Å². The highest BCUT2D eigenvalue weighted by molar-refractivity contribution is 7.98. The van der Waals surface area contributed by atoms with Gasteiger partial charge in [0.2, 0.25) is 0 Å². The molecule has 0 radical (unpaired) electrons. The Labute approximate surface area is 114 Å². The van der Waals surface area contributed by atoms with E-state index in [1.807, 2.05) is 17.8 Å². The van der Waals surface area contributed by atoms with Crippen LogP contribution in [0.5, 0.6) is 0 Å². The lowest BCUT2D eigenvalue weighted by Gasteiger charge is -2.08. The molecule has 0 aromatic carbocycles. The second-order valence-electron chi connectivity index (χ2n) is 4.11. The number of carboxylic acid groups (broad SMARTS) is 1. The van der Waals surface area contributed by atoms with E-state index < -0.39 is 5.97 Å². The fraction of sp³-hybridized carbons (Fsp3) is 0.500. The van der Waals surface area contributed by atoms with Gasteiger partial charge in [-0.05, 0) is 30.2 Å². The number of amides is 1. The second kappa shape index (κ2) is 6.24. The third kappa shape index (κ3) is 3.49. The molecule has 0 saturated heterocycles. The molecule has 1 aromatic heterocycles. The van der Waals surface area contributed by atoms with Gasteiger partial charge >= 0.3 is 5.97 Å². The van der Waals surface area contributed by atoms with Gasteiger partial charge in [0.1, 0.15) is 0 Å². The van der Waals surface area contributed by atoms with Crippen molar-refractivity contribution in [2.45, 2.75) is 25.0 Å². The van der Waals surface area contributed by atoms with Crippen molar-refractivity contribution in [3.8, 4) is 0 Å². The van der Waals surface area contributed by atoms with Crippen molar-refractivity contribution in [3.05, 3.63) is 21.4 Å². The lowest BCUT2D eigenvalue weighted by molar-refractivity contribution is -0.137. The molecule has 0 saturated carbocycles. The topological polar surface area (TPSA) is 66.4 Å². The Morgan fingerprint density at radius 3 is 3.00 bits per heavy atom. The van der Waals surface area contributed by atoms with Crippen LogP contribution in [0.1, 0.15) is 33.0 Å². The third-order valence-corrected chi connectivity index (χ3v) is 4.95. The van der Waals surface area contributed by atoms with Crippen LogP contribution in [0.15, 0.2) is 6.07 Å². The summed E-state index contributed by atoms with van der Waals surface area (Å²) in [5.41, 5.74) is 1.28. The van der Waals surface area contributed by atoms with Crippen molar-refractivity contribution in [2.75, 3.05) is 12.3 Å². The van der Waals surface area contributed by atoms with Crippen LogP contribution in [0, 0.1) is 0 Å². The van der Waals surface area contributed by atoms with Crippen LogP contribution in [-0.2, 0) is 17.0 Å². The number of carbonyl (C=O) groups is 2. The molecule has 2 N–H and O–H groups in total. The number of carbonyl (C=O) groups excluding carboxylic acids is 1. The van der Waals surface area contributed by atoms with Crippen LogP contribution in [0.2, 0.25) is 0 Å². The summed E-state index contributed by atoms with van der Waals surface area (Å²) in [5, 5.41) is 11.3. The highest BCUT2D eigenvalue weighted by atomic mass is 32.2. The molecule has 0 fully saturated rings. The Morgan fingerprint density at radius 2 is 2.28 bits per heavy atom. The van der Waals surface area contributed by atoms with E-state index in [9.17, 15) is 9.59 Å². The van der Waals surface area contributed by atoms with E-state index in [-0.39, 0.29) is 12.3 Å². The standard InChI is InChI=1S/C12H15NO3S2/c14-11(15)2-1-4-13-12(16)10-6-8-7-17-5-3-9(8)18-10/h6H,1-5,7H2,(H,13,16)(H,14,15). The molecule has 0 bridgehead atoms. The van der Waals surface area contributed by atoms with Gasteiger partial charge in [-0.15, -0.1) is 11.3 Å². The zero-order valence-corrected chi connectivity index (χ0v) is 11.5. The van der Waals surface area contributed by atoms with Crippen molar-refractivity contribution < 1.29 is 14.7 Å². The first-order valence-electron chi connectivity index (χ1n) is 5.86. The first kappa shape index (κ1) is 13.4. The van der Waals surface area contributed by atoms with E-state index in [2.05, 4.69) is 5.32 Å². The third-order valence-electron chi connectivity index (χ3n) is 2.70. The number of hydrogen-bond acceptors (Lipinski definition) is 4. The Bertz CT molecular complexity index is 433. The van der Waals surface area contributed by atoms with Gasteiger partial charge in [-0.2, -0.15) is 11.8 Å². The van der Waals surface area contributed by atoms with Gasteiger partial charge < -0.3 is 10.4 Å². The summed E-state index contributed by atoms with van der Waals surface area (Å²) in [5.74, 6) is 1.23. The zero-order chi connectivity index (χ0) is 13.0. The zero-order valence-electron chi connectivity index (χ0n) is 9.90. The smallest absolute Gasteiger partial charge is 0.303 e. The molecular formula is C12H15NO3S2. The number of aryl methyl sites for hydroxylation is 1. The van der Waals surface area contributed by atoms with Crippen molar-refractivity contribution in [1.82, 2.24) is 5.32 Å². The van der Waals surface area contributed by atoms with Gasteiger partial charge in [0.15, 0.2) is 0 Å². The van der Waals surface area contributed by atoms with Crippen LogP contribution in [-0.4, -0.2) is 29.3 Å². The summed E-state index contributed by atoms with van der Waals surface area (Å²) in [6.07, 6.45) is 1.62. The fourth-order valence-corrected chi connectivity index (χ4v) is 4.08. The SMILES string of the molecule is O=C(O)CCCNC(=O)c1cc2c(s1)CCSC2. The quantitative estimate of drug-likeness (QED) is 0.813. The summed E-state index contributed by atoms with van der Waals surface area (Å²) in [6.45, 7) is 0.419. The number of aliphatic carboxylic acids is 1. The molecule has 1 aliphatic heterocycles. The largest absolute Gasteiger partial charge is 0.481 e. The molecule has 0 aliphatic carbocycles. The van der Waals surface area contributed by atoms with Crippen molar-refractivity contribution in [1.29, 1.82) is 0 Å². The Hall–Kier alpha value is -1.01. The van der Waals surface area contributed by atoms with Crippen molar-refractivity contribution in [3.63, 3.8) is 0 Å².